The van der Waals surface area contributed by atoms with E-state index in [0.717, 1.165) is 23.4 Å². The number of rotatable bonds is 11. The molecule has 0 saturated carbocycles. The van der Waals surface area contributed by atoms with E-state index in [-0.39, 0.29) is 17.8 Å². The monoisotopic (exact) mass is 582 g/mol. The molecule has 0 spiro atoms. The zero-order valence-corrected chi connectivity index (χ0v) is 25.1. The van der Waals surface area contributed by atoms with Crippen molar-refractivity contribution in [3.05, 3.63) is 70.2 Å². The number of thiophene rings is 1. The van der Waals surface area contributed by atoms with Crippen LogP contribution >= 0.6 is 11.3 Å². The Hall–Kier alpha value is -4.16. The summed E-state index contributed by atoms with van der Waals surface area (Å²) in [5, 5.41) is 14.7. The standard InChI is InChI=1S/C29H38N6O5S/c1-29(2,3)40-28(38)34-25-18-41-17-24(25)32-26(36)23-11-10-20(16-30-23)22(12-13-35(4)5)33-27(37)31-15-19-8-7-9-21(14-19)39-6/h7-11,14,16-18,22H,12-13,15H2,1-6H3,(H,32,36)(H,34,38)(H2,31,33,37). The average molecular weight is 583 g/mol. The normalized spacial score (nSPS) is 11.9. The van der Waals surface area contributed by atoms with Gasteiger partial charge in [0, 0.05) is 23.5 Å². The molecule has 4 amide bonds. The SMILES string of the molecule is COc1cccc(CNC(=O)NC(CCN(C)C)c2ccc(C(=O)Nc3cscc3NC(=O)OC(C)(C)C)nc2)c1. The number of carbonyl (C=O) groups is 3. The van der Waals surface area contributed by atoms with E-state index < -0.39 is 17.6 Å². The number of carbonyl (C=O) groups excluding carboxylic acids is 3. The molecule has 0 aliphatic rings. The van der Waals surface area contributed by atoms with E-state index >= 15 is 0 Å². The van der Waals surface area contributed by atoms with Crippen molar-refractivity contribution >= 4 is 40.7 Å². The number of aromatic nitrogens is 1. The second-order valence-corrected chi connectivity index (χ2v) is 11.3. The maximum absolute atomic E-state index is 12.9. The maximum atomic E-state index is 12.9. The third kappa shape index (κ3) is 10.4. The highest BCUT2D eigenvalue weighted by Crippen LogP contribution is 2.28. The molecule has 1 atom stereocenters. The highest BCUT2D eigenvalue weighted by Gasteiger charge is 2.20. The number of hydrogen-bond acceptors (Lipinski definition) is 8. The number of anilines is 2. The van der Waals surface area contributed by atoms with E-state index in [1.807, 2.05) is 43.3 Å². The van der Waals surface area contributed by atoms with Gasteiger partial charge in [-0.1, -0.05) is 18.2 Å². The van der Waals surface area contributed by atoms with Gasteiger partial charge in [-0.05, 0) is 77.2 Å². The summed E-state index contributed by atoms with van der Waals surface area (Å²) in [6.07, 6.45) is 1.62. The minimum Gasteiger partial charge on any atom is -0.497 e. The Morgan fingerprint density at radius 3 is 2.41 bits per heavy atom. The van der Waals surface area contributed by atoms with Crippen LogP contribution < -0.4 is 26.0 Å². The number of nitrogens with zero attached hydrogens (tertiary/aromatic N) is 2. The quantitative estimate of drug-likeness (QED) is 0.243. The van der Waals surface area contributed by atoms with Gasteiger partial charge in [0.1, 0.15) is 17.0 Å². The predicted molar refractivity (Wildman–Crippen MR) is 161 cm³/mol. The molecule has 2 heterocycles. The topological polar surface area (TPSA) is 134 Å². The van der Waals surface area contributed by atoms with Crippen molar-refractivity contribution in [2.75, 3.05) is 38.4 Å². The first kappa shape index (κ1) is 31.4. The van der Waals surface area contributed by atoms with Crippen LogP contribution in [0.3, 0.4) is 0 Å². The van der Waals surface area contributed by atoms with Crippen molar-refractivity contribution < 1.29 is 23.9 Å². The third-order valence-corrected chi connectivity index (χ3v) is 6.47. The highest BCUT2D eigenvalue weighted by molar-refractivity contribution is 7.09. The minimum atomic E-state index is -0.648. The number of amides is 4. The summed E-state index contributed by atoms with van der Waals surface area (Å²) in [6, 6.07) is 10.2. The first-order chi connectivity index (χ1) is 19.4. The molecular weight excluding hydrogens is 544 g/mol. The zero-order chi connectivity index (χ0) is 30.0. The van der Waals surface area contributed by atoms with E-state index in [1.54, 1.807) is 57.0 Å². The fourth-order valence-corrected chi connectivity index (χ4v) is 4.43. The van der Waals surface area contributed by atoms with Gasteiger partial charge >= 0.3 is 12.1 Å². The van der Waals surface area contributed by atoms with E-state index in [1.165, 1.54) is 11.3 Å². The summed E-state index contributed by atoms with van der Waals surface area (Å²) < 4.78 is 10.5. The average Bonchev–Trinajstić information content (AvgIpc) is 3.34. The molecule has 4 N–H and O–H groups in total. The van der Waals surface area contributed by atoms with E-state index in [0.29, 0.717) is 24.3 Å². The Balaban J connectivity index is 1.63. The van der Waals surface area contributed by atoms with Crippen molar-refractivity contribution in [2.24, 2.45) is 0 Å². The van der Waals surface area contributed by atoms with Gasteiger partial charge in [-0.3, -0.25) is 15.1 Å². The number of hydrogen-bond donors (Lipinski definition) is 4. The number of pyridine rings is 1. The molecule has 1 aromatic carbocycles. The van der Waals surface area contributed by atoms with Gasteiger partial charge in [0.15, 0.2) is 0 Å². The molecule has 0 aliphatic carbocycles. The van der Waals surface area contributed by atoms with Crippen molar-refractivity contribution in [2.45, 2.75) is 45.4 Å². The molecule has 220 valence electrons. The van der Waals surface area contributed by atoms with Crippen LogP contribution in [-0.4, -0.2) is 61.3 Å². The molecular formula is C29H38N6O5S. The molecule has 41 heavy (non-hydrogen) atoms. The number of benzene rings is 1. The lowest BCUT2D eigenvalue weighted by Gasteiger charge is -2.21. The maximum Gasteiger partial charge on any atom is 0.412 e. The summed E-state index contributed by atoms with van der Waals surface area (Å²) >= 11 is 1.33. The van der Waals surface area contributed by atoms with Gasteiger partial charge in [-0.15, -0.1) is 11.3 Å². The number of nitrogens with one attached hydrogen (secondary N) is 4. The largest absolute Gasteiger partial charge is 0.497 e. The zero-order valence-electron chi connectivity index (χ0n) is 24.2. The molecule has 11 nitrogen and oxygen atoms in total. The van der Waals surface area contributed by atoms with Crippen LogP contribution in [0.5, 0.6) is 5.75 Å². The Kier molecular flexibility index (Phi) is 11.1. The van der Waals surface area contributed by atoms with Gasteiger partial charge < -0.3 is 30.3 Å². The second kappa shape index (κ2) is 14.5. The van der Waals surface area contributed by atoms with Crippen LogP contribution in [0, 0.1) is 0 Å². The van der Waals surface area contributed by atoms with Crippen LogP contribution in [0.2, 0.25) is 0 Å². The predicted octanol–water partition coefficient (Wildman–Crippen LogP) is 5.24. The Bertz CT molecular complexity index is 1320. The smallest absolute Gasteiger partial charge is 0.412 e. The van der Waals surface area contributed by atoms with E-state index in [9.17, 15) is 14.4 Å². The van der Waals surface area contributed by atoms with Crippen LogP contribution in [0.25, 0.3) is 0 Å². The number of methoxy groups -OCH3 is 1. The fourth-order valence-electron chi connectivity index (χ4n) is 3.72. The summed E-state index contributed by atoms with van der Waals surface area (Å²) in [5.41, 5.74) is 2.10. The fraction of sp³-hybridized carbons (Fsp3) is 0.379. The first-order valence-electron chi connectivity index (χ1n) is 13.1. The first-order valence-corrected chi connectivity index (χ1v) is 14.0. The van der Waals surface area contributed by atoms with Gasteiger partial charge in [0.05, 0.1) is 24.5 Å². The van der Waals surface area contributed by atoms with Crippen LogP contribution in [0.15, 0.2) is 53.4 Å². The second-order valence-electron chi connectivity index (χ2n) is 10.6. The van der Waals surface area contributed by atoms with E-state index in [2.05, 4.69) is 26.3 Å². The lowest BCUT2D eigenvalue weighted by Crippen LogP contribution is -2.38. The number of ether oxygens (including phenoxy) is 2. The highest BCUT2D eigenvalue weighted by atomic mass is 32.1. The van der Waals surface area contributed by atoms with Crippen molar-refractivity contribution in [1.29, 1.82) is 0 Å². The van der Waals surface area contributed by atoms with Crippen molar-refractivity contribution in [1.82, 2.24) is 20.5 Å². The molecule has 1 unspecified atom stereocenters. The molecule has 2 aromatic heterocycles. The summed E-state index contributed by atoms with van der Waals surface area (Å²) in [5.74, 6) is 0.286. The molecule has 0 saturated heterocycles. The van der Waals surface area contributed by atoms with Gasteiger partial charge in [0.25, 0.3) is 5.91 Å². The van der Waals surface area contributed by atoms with Gasteiger partial charge in [0.2, 0.25) is 0 Å². The van der Waals surface area contributed by atoms with Gasteiger partial charge in [-0.2, -0.15) is 0 Å². The van der Waals surface area contributed by atoms with Crippen molar-refractivity contribution in [3.8, 4) is 5.75 Å². The Labute approximate surface area is 244 Å². The van der Waals surface area contributed by atoms with Gasteiger partial charge in [-0.25, -0.2) is 9.59 Å². The van der Waals surface area contributed by atoms with Crippen LogP contribution in [0.4, 0.5) is 21.0 Å². The molecule has 0 fully saturated rings. The number of urea groups is 1. The van der Waals surface area contributed by atoms with E-state index in [4.69, 9.17) is 9.47 Å². The lowest BCUT2D eigenvalue weighted by atomic mass is 10.1. The lowest BCUT2D eigenvalue weighted by molar-refractivity contribution is 0.0635. The third-order valence-electron chi connectivity index (χ3n) is 5.72. The molecule has 0 radical (unpaired) electrons. The minimum absolute atomic E-state index is 0.192. The van der Waals surface area contributed by atoms with Crippen LogP contribution in [0.1, 0.15) is 54.8 Å². The summed E-state index contributed by atoms with van der Waals surface area (Å²) in [6.45, 7) is 6.39. The Morgan fingerprint density at radius 1 is 1.05 bits per heavy atom. The molecule has 0 bridgehead atoms. The summed E-state index contributed by atoms with van der Waals surface area (Å²) in [4.78, 5) is 44.2. The molecule has 12 heteroatoms. The van der Waals surface area contributed by atoms with Crippen molar-refractivity contribution in [3.63, 3.8) is 0 Å². The summed E-state index contributed by atoms with van der Waals surface area (Å²) in [7, 11) is 5.52. The van der Waals surface area contributed by atoms with Crippen LogP contribution in [-0.2, 0) is 11.3 Å². The Morgan fingerprint density at radius 2 is 1.78 bits per heavy atom. The molecule has 0 aliphatic heterocycles. The molecule has 3 rings (SSSR count). The molecule has 3 aromatic rings.